The van der Waals surface area contributed by atoms with Crippen LogP contribution in [-0.4, -0.2) is 36.6 Å². The van der Waals surface area contributed by atoms with Crippen LogP contribution in [0.25, 0.3) is 0 Å². The number of hydrogen-bond donors (Lipinski definition) is 1. The van der Waals surface area contributed by atoms with Gasteiger partial charge < -0.3 is 5.32 Å². The summed E-state index contributed by atoms with van der Waals surface area (Å²) < 4.78 is 0. The first-order valence-electron chi connectivity index (χ1n) is 8.27. The lowest BCUT2D eigenvalue weighted by Gasteiger charge is -2.44. The first kappa shape index (κ1) is 17.0. The molecule has 2 heteroatoms. The molecule has 19 heavy (non-hydrogen) atoms. The van der Waals surface area contributed by atoms with Gasteiger partial charge in [0.2, 0.25) is 0 Å². The molecule has 0 aromatic heterocycles. The van der Waals surface area contributed by atoms with E-state index in [1.165, 1.54) is 32.5 Å². The third-order valence-corrected chi connectivity index (χ3v) is 5.35. The molecule has 1 rings (SSSR count). The molecule has 0 bridgehead atoms. The van der Waals surface area contributed by atoms with E-state index in [2.05, 4.69) is 58.7 Å². The fourth-order valence-corrected chi connectivity index (χ4v) is 2.80. The van der Waals surface area contributed by atoms with E-state index in [0.29, 0.717) is 11.5 Å². The Balaban J connectivity index is 2.65. The topological polar surface area (TPSA) is 15.3 Å². The number of rotatable bonds is 5. The Labute approximate surface area is 121 Å². The molecule has 1 heterocycles. The molecule has 4 atom stereocenters. The van der Waals surface area contributed by atoms with Crippen molar-refractivity contribution in [3.63, 3.8) is 0 Å². The van der Waals surface area contributed by atoms with E-state index in [1.54, 1.807) is 0 Å². The van der Waals surface area contributed by atoms with Crippen LogP contribution in [0.3, 0.4) is 0 Å². The maximum atomic E-state index is 3.77. The molecule has 0 saturated carbocycles. The number of nitrogens with one attached hydrogen (secondary N) is 1. The van der Waals surface area contributed by atoms with Gasteiger partial charge in [-0.2, -0.15) is 0 Å². The Morgan fingerprint density at radius 2 is 1.84 bits per heavy atom. The van der Waals surface area contributed by atoms with Crippen molar-refractivity contribution in [2.24, 2.45) is 17.3 Å². The van der Waals surface area contributed by atoms with Crippen LogP contribution >= 0.6 is 0 Å². The van der Waals surface area contributed by atoms with Crippen LogP contribution in [0.15, 0.2) is 0 Å². The predicted octanol–water partition coefficient (Wildman–Crippen LogP) is 3.77. The van der Waals surface area contributed by atoms with Gasteiger partial charge in [-0.15, -0.1) is 0 Å². The Kier molecular flexibility index (Phi) is 6.32. The zero-order chi connectivity index (χ0) is 14.6. The van der Waals surface area contributed by atoms with Crippen molar-refractivity contribution in [2.45, 2.75) is 73.4 Å². The summed E-state index contributed by atoms with van der Waals surface area (Å²) in [6.45, 7) is 20.2. The fraction of sp³-hybridized carbons (Fsp3) is 1.00. The Morgan fingerprint density at radius 3 is 2.32 bits per heavy atom. The van der Waals surface area contributed by atoms with E-state index < -0.39 is 0 Å². The molecule has 4 unspecified atom stereocenters. The molecule has 2 nitrogen and oxygen atoms in total. The number of piperazine rings is 1. The highest BCUT2D eigenvalue weighted by Crippen LogP contribution is 2.28. The van der Waals surface area contributed by atoms with Gasteiger partial charge in [0.15, 0.2) is 0 Å². The molecule has 1 aliphatic rings. The SMILES string of the molecule is CCC(C)C1CN(CC(C)C(C)(C)C)C(CC)CN1. The van der Waals surface area contributed by atoms with Gasteiger partial charge in [-0.1, -0.05) is 54.9 Å². The molecule has 1 N–H and O–H groups in total. The zero-order valence-electron chi connectivity index (χ0n) is 14.3. The molecule has 0 spiro atoms. The monoisotopic (exact) mass is 268 g/mol. The summed E-state index contributed by atoms with van der Waals surface area (Å²) in [6, 6.07) is 1.41. The standard InChI is InChI=1S/C17H36N2/c1-8-13(3)16-12-19(15(9-2)10-18-16)11-14(4)17(5,6)7/h13-16,18H,8-12H2,1-7H3. The molecule has 1 fully saturated rings. The summed E-state index contributed by atoms with van der Waals surface area (Å²) >= 11 is 0. The summed E-state index contributed by atoms with van der Waals surface area (Å²) in [5, 5.41) is 3.77. The molecule has 0 amide bonds. The van der Waals surface area contributed by atoms with Crippen molar-refractivity contribution >= 4 is 0 Å². The molecule has 114 valence electrons. The van der Waals surface area contributed by atoms with Crippen molar-refractivity contribution in [3.05, 3.63) is 0 Å². The second-order valence-electron chi connectivity index (χ2n) is 7.68. The Bertz CT molecular complexity index is 256. The first-order chi connectivity index (χ1) is 8.79. The van der Waals surface area contributed by atoms with Crippen LogP contribution < -0.4 is 5.32 Å². The van der Waals surface area contributed by atoms with Crippen molar-refractivity contribution in [1.82, 2.24) is 10.2 Å². The molecule has 1 aliphatic heterocycles. The lowest BCUT2D eigenvalue weighted by atomic mass is 9.81. The van der Waals surface area contributed by atoms with Crippen LogP contribution in [0.2, 0.25) is 0 Å². The second kappa shape index (κ2) is 7.08. The van der Waals surface area contributed by atoms with Crippen LogP contribution in [0.4, 0.5) is 0 Å². The second-order valence-corrected chi connectivity index (χ2v) is 7.68. The molecular weight excluding hydrogens is 232 g/mol. The van der Waals surface area contributed by atoms with E-state index in [4.69, 9.17) is 0 Å². The van der Waals surface area contributed by atoms with Gasteiger partial charge in [-0.25, -0.2) is 0 Å². The van der Waals surface area contributed by atoms with E-state index in [1.807, 2.05) is 0 Å². The maximum Gasteiger partial charge on any atom is 0.0221 e. The Morgan fingerprint density at radius 1 is 1.21 bits per heavy atom. The third-order valence-electron chi connectivity index (χ3n) is 5.35. The van der Waals surface area contributed by atoms with Gasteiger partial charge in [-0.3, -0.25) is 4.90 Å². The quantitative estimate of drug-likeness (QED) is 0.816. The van der Waals surface area contributed by atoms with Crippen LogP contribution in [-0.2, 0) is 0 Å². The molecule has 1 saturated heterocycles. The average Bonchev–Trinajstić information content (AvgIpc) is 2.36. The highest BCUT2D eigenvalue weighted by atomic mass is 15.2. The molecule has 0 aromatic rings. The first-order valence-corrected chi connectivity index (χ1v) is 8.27. The van der Waals surface area contributed by atoms with E-state index in [0.717, 1.165) is 17.9 Å². The fourth-order valence-electron chi connectivity index (χ4n) is 2.80. The minimum absolute atomic E-state index is 0.412. The molecular formula is C17H36N2. The van der Waals surface area contributed by atoms with E-state index in [-0.39, 0.29) is 0 Å². The van der Waals surface area contributed by atoms with Crippen molar-refractivity contribution < 1.29 is 0 Å². The highest BCUT2D eigenvalue weighted by molar-refractivity contribution is 4.89. The Hall–Kier alpha value is -0.0800. The van der Waals surface area contributed by atoms with Gasteiger partial charge in [0, 0.05) is 31.7 Å². The summed E-state index contributed by atoms with van der Waals surface area (Å²) in [5.74, 6) is 1.53. The molecule has 0 aromatic carbocycles. The summed E-state index contributed by atoms with van der Waals surface area (Å²) in [6.07, 6.45) is 2.54. The van der Waals surface area contributed by atoms with Crippen LogP contribution in [0.5, 0.6) is 0 Å². The van der Waals surface area contributed by atoms with E-state index in [9.17, 15) is 0 Å². The average molecular weight is 268 g/mol. The summed E-state index contributed by atoms with van der Waals surface area (Å²) in [7, 11) is 0. The summed E-state index contributed by atoms with van der Waals surface area (Å²) in [5.41, 5.74) is 0.412. The van der Waals surface area contributed by atoms with Crippen LogP contribution in [0.1, 0.15) is 61.3 Å². The number of nitrogens with zero attached hydrogens (tertiary/aromatic N) is 1. The van der Waals surface area contributed by atoms with Gasteiger partial charge in [0.05, 0.1) is 0 Å². The van der Waals surface area contributed by atoms with Crippen molar-refractivity contribution in [1.29, 1.82) is 0 Å². The zero-order valence-corrected chi connectivity index (χ0v) is 14.3. The lowest BCUT2D eigenvalue weighted by Crippen LogP contribution is -2.59. The predicted molar refractivity (Wildman–Crippen MR) is 85.5 cm³/mol. The summed E-state index contributed by atoms with van der Waals surface area (Å²) in [4.78, 5) is 2.75. The van der Waals surface area contributed by atoms with Crippen molar-refractivity contribution in [2.75, 3.05) is 19.6 Å². The maximum absolute atomic E-state index is 3.77. The van der Waals surface area contributed by atoms with Crippen molar-refractivity contribution in [3.8, 4) is 0 Å². The third kappa shape index (κ3) is 4.75. The minimum Gasteiger partial charge on any atom is -0.311 e. The van der Waals surface area contributed by atoms with Gasteiger partial charge >= 0.3 is 0 Å². The normalized spacial score (nSPS) is 29.2. The molecule has 0 radical (unpaired) electrons. The molecule has 0 aliphatic carbocycles. The largest absolute Gasteiger partial charge is 0.311 e. The smallest absolute Gasteiger partial charge is 0.0221 e. The minimum atomic E-state index is 0.412. The lowest BCUT2D eigenvalue weighted by molar-refractivity contribution is 0.0687. The van der Waals surface area contributed by atoms with Gasteiger partial charge in [-0.05, 0) is 23.7 Å². The van der Waals surface area contributed by atoms with Crippen LogP contribution in [0, 0.1) is 17.3 Å². The number of hydrogen-bond acceptors (Lipinski definition) is 2. The van der Waals surface area contributed by atoms with E-state index >= 15 is 0 Å². The van der Waals surface area contributed by atoms with Gasteiger partial charge in [0.1, 0.15) is 0 Å². The van der Waals surface area contributed by atoms with Gasteiger partial charge in [0.25, 0.3) is 0 Å². The highest BCUT2D eigenvalue weighted by Gasteiger charge is 2.32.